The summed E-state index contributed by atoms with van der Waals surface area (Å²) in [4.78, 5) is 50.0. The molecule has 43 heavy (non-hydrogen) atoms. The Morgan fingerprint density at radius 3 is 2.21 bits per heavy atom. The van der Waals surface area contributed by atoms with Gasteiger partial charge >= 0.3 is 0 Å². The first-order chi connectivity index (χ1) is 20.1. The highest BCUT2D eigenvalue weighted by Gasteiger charge is 2.75. The molecule has 0 bridgehead atoms. The maximum Gasteiger partial charge on any atom is 0.247 e. The van der Waals surface area contributed by atoms with Crippen LogP contribution in [0.2, 0.25) is 0 Å². The molecule has 0 radical (unpaired) electrons. The fraction of sp³-hybridized carbons (Fsp3) is 0.629. The molecule has 4 aliphatic rings. The van der Waals surface area contributed by atoms with Crippen LogP contribution in [0.5, 0.6) is 0 Å². The quantitative estimate of drug-likeness (QED) is 0.426. The molecule has 4 aliphatic heterocycles. The van der Waals surface area contributed by atoms with Gasteiger partial charge in [0.05, 0.1) is 29.2 Å². The molecule has 0 saturated carbocycles. The summed E-state index contributed by atoms with van der Waals surface area (Å²) in [7, 11) is 0. The Kier molecular flexibility index (Phi) is 8.21. The zero-order valence-electron chi connectivity index (χ0n) is 27.0. The zero-order chi connectivity index (χ0) is 31.5. The van der Waals surface area contributed by atoms with Crippen LogP contribution in [0, 0.1) is 23.2 Å². The number of fused-ring (bicyclic) bond motifs is 2. The van der Waals surface area contributed by atoms with E-state index in [2.05, 4.69) is 53.7 Å². The van der Waals surface area contributed by atoms with Gasteiger partial charge in [-0.15, -0.1) is 11.8 Å². The summed E-state index contributed by atoms with van der Waals surface area (Å²) in [5.74, 6) is -1.82. The largest absolute Gasteiger partial charge is 0.394 e. The van der Waals surface area contributed by atoms with Crippen LogP contribution < -0.4 is 4.90 Å². The number of hydrogen-bond donors (Lipinski definition) is 1. The molecule has 0 aromatic heterocycles. The molecule has 1 aromatic rings. The molecular weight excluding hydrogens is 558 g/mol. The molecule has 0 aliphatic carbocycles. The van der Waals surface area contributed by atoms with Gasteiger partial charge in [-0.05, 0) is 50.7 Å². The smallest absolute Gasteiger partial charge is 0.247 e. The van der Waals surface area contributed by atoms with Gasteiger partial charge in [0.2, 0.25) is 17.7 Å². The second kappa shape index (κ2) is 11.1. The van der Waals surface area contributed by atoms with E-state index >= 15 is 4.79 Å². The third-order valence-electron chi connectivity index (χ3n) is 10.1. The molecule has 7 atom stereocenters. The van der Waals surface area contributed by atoms with Gasteiger partial charge in [0.25, 0.3) is 0 Å². The number of para-hydroxylation sites is 1. The number of rotatable bonds is 7. The lowest BCUT2D eigenvalue weighted by Gasteiger charge is -2.46. The summed E-state index contributed by atoms with van der Waals surface area (Å²) >= 11 is 1.60. The third-order valence-corrected chi connectivity index (χ3v) is 11.9. The van der Waals surface area contributed by atoms with Crippen LogP contribution in [0.1, 0.15) is 68.2 Å². The van der Waals surface area contributed by atoms with Gasteiger partial charge in [0.15, 0.2) is 0 Å². The lowest BCUT2D eigenvalue weighted by atomic mass is 9.74. The van der Waals surface area contributed by atoms with E-state index in [9.17, 15) is 14.7 Å². The van der Waals surface area contributed by atoms with E-state index in [1.165, 1.54) is 0 Å². The van der Waals surface area contributed by atoms with Crippen molar-refractivity contribution >= 4 is 35.2 Å². The van der Waals surface area contributed by atoms with Crippen molar-refractivity contribution in [2.45, 2.75) is 95.3 Å². The predicted octanol–water partition coefficient (Wildman–Crippen LogP) is 5.30. The Balaban J connectivity index is 1.67. The summed E-state index contributed by atoms with van der Waals surface area (Å²) in [5, 5.41) is 10.7. The molecule has 1 unspecified atom stereocenters. The summed E-state index contributed by atoms with van der Waals surface area (Å²) in [6, 6.07) is 8.25. The SMILES string of the molecule is CC[C@H](C)[C@H](CO)N1C(=O)[C@@H]2[C@H]3C(=O)N(c4ccccc4)CC=C[C@@]3(C)S[C@@]23C=CCN(C(C)(C)CC(C)(C)C)C(=O)C13. The normalized spacial score (nSPS) is 32.3. The first kappa shape index (κ1) is 31.8. The van der Waals surface area contributed by atoms with Crippen LogP contribution in [-0.2, 0) is 14.4 Å². The van der Waals surface area contributed by atoms with Crippen LogP contribution in [0.15, 0.2) is 54.6 Å². The number of aliphatic hydroxyl groups excluding tert-OH is 1. The minimum absolute atomic E-state index is 0.0174. The second-order valence-corrected chi connectivity index (χ2v) is 16.8. The number of nitrogens with zero attached hydrogens (tertiary/aromatic N) is 3. The van der Waals surface area contributed by atoms with Gasteiger partial charge < -0.3 is 19.8 Å². The van der Waals surface area contributed by atoms with Gasteiger partial charge in [-0.25, -0.2) is 0 Å². The average molecular weight is 608 g/mol. The summed E-state index contributed by atoms with van der Waals surface area (Å²) in [6.45, 7) is 17.5. The van der Waals surface area contributed by atoms with E-state index in [4.69, 9.17) is 0 Å². The fourth-order valence-corrected chi connectivity index (χ4v) is 10.6. The van der Waals surface area contributed by atoms with Crippen LogP contribution in [-0.4, -0.2) is 79.4 Å². The number of carbonyl (C=O) groups is 3. The maximum absolute atomic E-state index is 15.0. The Bertz CT molecular complexity index is 1320. The number of benzene rings is 1. The lowest BCUT2D eigenvalue weighted by molar-refractivity contribution is -0.150. The Morgan fingerprint density at radius 1 is 0.953 bits per heavy atom. The van der Waals surface area contributed by atoms with Gasteiger partial charge in [-0.1, -0.05) is 83.5 Å². The van der Waals surface area contributed by atoms with Crippen LogP contribution in [0.4, 0.5) is 5.69 Å². The van der Waals surface area contributed by atoms with Crippen molar-refractivity contribution in [3.8, 4) is 0 Å². The predicted molar refractivity (Wildman–Crippen MR) is 174 cm³/mol. The van der Waals surface area contributed by atoms with E-state index in [1.54, 1.807) is 21.6 Å². The molecule has 7 nitrogen and oxygen atoms in total. The molecule has 8 heteroatoms. The van der Waals surface area contributed by atoms with Crippen LogP contribution >= 0.6 is 11.8 Å². The summed E-state index contributed by atoms with van der Waals surface area (Å²) in [6.07, 6.45) is 9.78. The van der Waals surface area contributed by atoms with E-state index < -0.39 is 39.0 Å². The first-order valence-electron chi connectivity index (χ1n) is 15.8. The standard InChI is InChI=1S/C35H49N3O4S/c1-9-23(2)25(21-39)38-28-31(42)37(33(6,7)22-32(3,4)5)20-14-18-35(28)27(30(38)41)26-29(40)36(24-15-11-10-12-16-24)19-13-17-34(26,8)43-35/h10-18,23,25-28,39H,9,19-22H2,1-8H3/t23-,25-,26-,27-,28?,34+,35-/m0/s1. The number of carbonyl (C=O) groups excluding carboxylic acids is 3. The molecule has 1 aromatic carbocycles. The number of hydrogen-bond acceptors (Lipinski definition) is 5. The molecular formula is C35H49N3O4S. The van der Waals surface area contributed by atoms with Crippen molar-refractivity contribution in [1.82, 2.24) is 9.80 Å². The minimum Gasteiger partial charge on any atom is -0.394 e. The zero-order valence-corrected chi connectivity index (χ0v) is 27.9. The highest BCUT2D eigenvalue weighted by Crippen LogP contribution is 2.66. The van der Waals surface area contributed by atoms with E-state index in [0.29, 0.717) is 13.1 Å². The maximum atomic E-state index is 15.0. The van der Waals surface area contributed by atoms with Gasteiger partial charge in [0, 0.05) is 29.1 Å². The van der Waals surface area contributed by atoms with Gasteiger partial charge in [0.1, 0.15) is 6.04 Å². The van der Waals surface area contributed by atoms with Crippen LogP contribution in [0.25, 0.3) is 0 Å². The molecule has 2 fully saturated rings. The number of amides is 3. The topological polar surface area (TPSA) is 81.2 Å². The number of thioether (sulfide) groups is 1. The Morgan fingerprint density at radius 2 is 1.60 bits per heavy atom. The van der Waals surface area contributed by atoms with E-state index in [-0.39, 0.29) is 35.7 Å². The summed E-state index contributed by atoms with van der Waals surface area (Å²) in [5.41, 5.74) is 0.304. The lowest BCUT2D eigenvalue weighted by Crippen LogP contribution is -2.61. The molecule has 2 saturated heterocycles. The molecule has 4 heterocycles. The average Bonchev–Trinajstić information content (AvgIpc) is 3.19. The molecule has 5 rings (SSSR count). The van der Waals surface area contributed by atoms with Crippen molar-refractivity contribution in [2.75, 3.05) is 24.6 Å². The van der Waals surface area contributed by atoms with Crippen molar-refractivity contribution < 1.29 is 19.5 Å². The number of likely N-dealkylation sites (tertiary alicyclic amines) is 1. The third kappa shape index (κ3) is 5.16. The highest BCUT2D eigenvalue weighted by atomic mass is 32.2. The first-order valence-corrected chi connectivity index (χ1v) is 16.6. The van der Waals surface area contributed by atoms with Crippen molar-refractivity contribution in [3.63, 3.8) is 0 Å². The molecule has 1 spiro atoms. The van der Waals surface area contributed by atoms with E-state index in [1.807, 2.05) is 61.2 Å². The van der Waals surface area contributed by atoms with Crippen molar-refractivity contribution in [3.05, 3.63) is 54.6 Å². The van der Waals surface area contributed by atoms with Crippen molar-refractivity contribution in [2.24, 2.45) is 23.2 Å². The van der Waals surface area contributed by atoms with E-state index in [0.717, 1.165) is 18.5 Å². The molecule has 234 valence electrons. The highest BCUT2D eigenvalue weighted by molar-refractivity contribution is 8.02. The fourth-order valence-electron chi connectivity index (χ4n) is 8.41. The monoisotopic (exact) mass is 607 g/mol. The number of aliphatic hydroxyl groups is 1. The molecule has 3 amide bonds. The number of anilines is 1. The van der Waals surface area contributed by atoms with Gasteiger partial charge in [-0.2, -0.15) is 0 Å². The second-order valence-electron chi connectivity index (χ2n) is 15.0. The minimum atomic E-state index is -0.944. The van der Waals surface area contributed by atoms with Crippen LogP contribution in [0.3, 0.4) is 0 Å². The van der Waals surface area contributed by atoms with Crippen molar-refractivity contribution in [1.29, 1.82) is 0 Å². The summed E-state index contributed by atoms with van der Waals surface area (Å²) < 4.78 is -1.63. The Labute approximate surface area is 261 Å². The Hall–Kier alpha value is -2.58. The van der Waals surface area contributed by atoms with Gasteiger partial charge in [-0.3, -0.25) is 14.4 Å². The molecule has 1 N–H and O–H groups in total.